The molecule has 0 spiro atoms. The Hall–Kier alpha value is -3.72. The van der Waals surface area contributed by atoms with Gasteiger partial charge in [0.2, 0.25) is 5.88 Å². The van der Waals surface area contributed by atoms with E-state index in [1.165, 1.54) is 36.8 Å². The fourth-order valence-electron chi connectivity index (χ4n) is 4.32. The second-order valence-electron chi connectivity index (χ2n) is 8.47. The summed E-state index contributed by atoms with van der Waals surface area (Å²) < 4.78 is 26.4. The van der Waals surface area contributed by atoms with Crippen LogP contribution in [0.15, 0.2) is 48.7 Å². The number of nitrogens with one attached hydrogen (secondary N) is 1. The molecule has 7 nitrogen and oxygen atoms in total. The number of fused-ring (bicyclic) bond motifs is 1. The van der Waals surface area contributed by atoms with Crippen molar-refractivity contribution in [1.82, 2.24) is 15.3 Å². The quantitative estimate of drug-likeness (QED) is 0.361. The van der Waals surface area contributed by atoms with Crippen LogP contribution in [0.2, 0.25) is 0 Å². The van der Waals surface area contributed by atoms with Crippen LogP contribution in [0.1, 0.15) is 41.6 Å². The fourth-order valence-corrected chi connectivity index (χ4v) is 5.09. The van der Waals surface area contributed by atoms with Crippen molar-refractivity contribution < 1.29 is 18.7 Å². The van der Waals surface area contributed by atoms with Gasteiger partial charge in [0.15, 0.2) is 5.13 Å². The van der Waals surface area contributed by atoms with Crippen LogP contribution in [0.4, 0.5) is 9.52 Å². The highest BCUT2D eigenvalue weighted by molar-refractivity contribution is 7.22. The van der Waals surface area contributed by atoms with E-state index in [0.717, 1.165) is 41.5 Å². The third kappa shape index (κ3) is 5.05. The number of hydrogen-bond acceptors (Lipinski definition) is 7. The Morgan fingerprint density at radius 1 is 1.20 bits per heavy atom. The zero-order chi connectivity index (χ0) is 24.4. The van der Waals surface area contributed by atoms with Gasteiger partial charge in [-0.1, -0.05) is 17.4 Å². The highest BCUT2D eigenvalue weighted by Crippen LogP contribution is 2.34. The maximum Gasteiger partial charge on any atom is 0.253 e. The van der Waals surface area contributed by atoms with E-state index in [9.17, 15) is 9.18 Å². The third-order valence-electron chi connectivity index (χ3n) is 6.08. The van der Waals surface area contributed by atoms with Crippen molar-refractivity contribution in [2.75, 3.05) is 12.8 Å². The zero-order valence-corrected chi connectivity index (χ0v) is 20.0. The molecule has 0 bridgehead atoms. The Morgan fingerprint density at radius 3 is 2.83 bits per heavy atom. The van der Waals surface area contributed by atoms with Gasteiger partial charge in [0.05, 0.1) is 29.0 Å². The summed E-state index contributed by atoms with van der Waals surface area (Å²) in [5.74, 6) is 0.293. The number of rotatable bonds is 7. The summed E-state index contributed by atoms with van der Waals surface area (Å²) in [6.45, 7) is 0.131. The van der Waals surface area contributed by atoms with Crippen molar-refractivity contribution in [2.45, 2.75) is 38.3 Å². The number of nitrogens with two attached hydrogens (primary N) is 1. The lowest BCUT2D eigenvalue weighted by Crippen LogP contribution is -2.24. The molecule has 4 aromatic rings. The first-order chi connectivity index (χ1) is 17.0. The number of thiazole rings is 1. The summed E-state index contributed by atoms with van der Waals surface area (Å²) in [5, 5.41) is 3.36. The van der Waals surface area contributed by atoms with Gasteiger partial charge < -0.3 is 20.5 Å². The number of amides is 1. The van der Waals surface area contributed by atoms with E-state index in [0.29, 0.717) is 33.5 Å². The predicted molar refractivity (Wildman–Crippen MR) is 134 cm³/mol. The molecule has 0 radical (unpaired) electrons. The number of methoxy groups -OCH3 is 1. The molecule has 9 heteroatoms. The van der Waals surface area contributed by atoms with Gasteiger partial charge in [0, 0.05) is 23.9 Å². The number of ether oxygens (including phenoxy) is 2. The molecule has 2 aromatic heterocycles. The summed E-state index contributed by atoms with van der Waals surface area (Å²) in [4.78, 5) is 21.6. The molecule has 35 heavy (non-hydrogen) atoms. The van der Waals surface area contributed by atoms with Crippen LogP contribution in [-0.4, -0.2) is 29.1 Å². The van der Waals surface area contributed by atoms with Crippen molar-refractivity contribution in [2.24, 2.45) is 0 Å². The minimum Gasteiger partial charge on any atom is -0.490 e. The van der Waals surface area contributed by atoms with Crippen molar-refractivity contribution in [3.05, 3.63) is 65.6 Å². The van der Waals surface area contributed by atoms with Crippen LogP contribution in [0.25, 0.3) is 21.3 Å². The van der Waals surface area contributed by atoms with Gasteiger partial charge in [-0.15, -0.1) is 0 Å². The second kappa shape index (κ2) is 9.87. The summed E-state index contributed by atoms with van der Waals surface area (Å²) >= 11 is 1.39. The second-order valence-corrected chi connectivity index (χ2v) is 9.54. The number of nitrogens with zero attached hydrogens (tertiary/aromatic N) is 2. The van der Waals surface area contributed by atoms with E-state index < -0.39 is 0 Å². The lowest BCUT2D eigenvalue weighted by Gasteiger charge is -2.17. The SMILES string of the molecule is COc1ncc(C(=O)NCc2cc(F)ccc2OC2CCCC2)cc1-c1ccc2nc(N)sc2c1. The van der Waals surface area contributed by atoms with E-state index in [-0.39, 0.29) is 24.4 Å². The van der Waals surface area contributed by atoms with E-state index in [4.69, 9.17) is 15.2 Å². The molecule has 1 aliphatic rings. The van der Waals surface area contributed by atoms with Crippen LogP contribution in [0.5, 0.6) is 11.6 Å². The molecular weight excluding hydrogens is 467 g/mol. The monoisotopic (exact) mass is 492 g/mol. The molecule has 180 valence electrons. The van der Waals surface area contributed by atoms with Crippen LogP contribution in [-0.2, 0) is 6.54 Å². The number of carbonyl (C=O) groups is 1. The number of aromatic nitrogens is 2. The first kappa shape index (κ1) is 23.0. The number of hydrogen-bond donors (Lipinski definition) is 2. The van der Waals surface area contributed by atoms with Crippen LogP contribution < -0.4 is 20.5 Å². The van der Waals surface area contributed by atoms with Crippen LogP contribution >= 0.6 is 11.3 Å². The molecule has 0 saturated heterocycles. The van der Waals surface area contributed by atoms with Crippen molar-refractivity contribution in [1.29, 1.82) is 0 Å². The molecule has 1 amide bonds. The largest absolute Gasteiger partial charge is 0.490 e. The summed E-state index contributed by atoms with van der Waals surface area (Å²) in [5.41, 5.74) is 9.10. The van der Waals surface area contributed by atoms with Gasteiger partial charge in [-0.05, 0) is 67.6 Å². The minimum absolute atomic E-state index is 0.131. The van der Waals surface area contributed by atoms with Crippen molar-refractivity contribution >= 4 is 32.6 Å². The lowest BCUT2D eigenvalue weighted by atomic mass is 10.0. The van der Waals surface area contributed by atoms with Crippen LogP contribution in [0, 0.1) is 5.82 Å². The molecule has 1 fully saturated rings. The molecule has 2 aromatic carbocycles. The van der Waals surface area contributed by atoms with E-state index in [2.05, 4.69) is 15.3 Å². The normalized spacial score (nSPS) is 13.8. The van der Waals surface area contributed by atoms with Gasteiger partial charge in [0.25, 0.3) is 5.91 Å². The molecule has 0 unspecified atom stereocenters. The number of benzene rings is 2. The van der Waals surface area contributed by atoms with Gasteiger partial charge in [-0.3, -0.25) is 4.79 Å². The Bertz CT molecular complexity index is 1380. The molecule has 0 atom stereocenters. The Labute approximate surface area is 206 Å². The molecule has 0 aliphatic heterocycles. The highest BCUT2D eigenvalue weighted by atomic mass is 32.1. The molecule has 1 aliphatic carbocycles. The van der Waals surface area contributed by atoms with Gasteiger partial charge in [-0.25, -0.2) is 14.4 Å². The van der Waals surface area contributed by atoms with Crippen molar-refractivity contribution in [3.63, 3.8) is 0 Å². The van der Waals surface area contributed by atoms with Crippen LogP contribution in [0.3, 0.4) is 0 Å². The number of pyridine rings is 1. The average Bonchev–Trinajstić information content (AvgIpc) is 3.51. The first-order valence-corrected chi connectivity index (χ1v) is 12.3. The number of halogens is 1. The van der Waals surface area contributed by atoms with E-state index in [1.807, 2.05) is 18.2 Å². The Kier molecular flexibility index (Phi) is 6.50. The summed E-state index contributed by atoms with van der Waals surface area (Å²) in [6.07, 6.45) is 5.84. The summed E-state index contributed by atoms with van der Waals surface area (Å²) in [6, 6.07) is 11.9. The predicted octanol–water partition coefficient (Wildman–Crippen LogP) is 5.34. The number of carbonyl (C=O) groups excluding carboxylic acids is 1. The smallest absolute Gasteiger partial charge is 0.253 e. The molecule has 1 saturated carbocycles. The summed E-state index contributed by atoms with van der Waals surface area (Å²) in [7, 11) is 1.53. The maximum atomic E-state index is 13.9. The van der Waals surface area contributed by atoms with Gasteiger partial charge >= 0.3 is 0 Å². The Balaban J connectivity index is 1.37. The zero-order valence-electron chi connectivity index (χ0n) is 19.2. The Morgan fingerprint density at radius 2 is 2.03 bits per heavy atom. The minimum atomic E-state index is -0.375. The molecule has 2 heterocycles. The number of anilines is 1. The van der Waals surface area contributed by atoms with Crippen molar-refractivity contribution in [3.8, 4) is 22.8 Å². The topological polar surface area (TPSA) is 99.4 Å². The standard InChI is InChI=1S/C26H25FN4O3S/c1-33-25-20(15-6-8-21-23(12-15)35-26(28)31-21)11-17(14-30-25)24(32)29-13-16-10-18(27)7-9-22(16)34-19-4-2-3-5-19/h6-12,14,19H,2-5,13H2,1H3,(H2,28,31)(H,29,32). The lowest BCUT2D eigenvalue weighted by molar-refractivity contribution is 0.0950. The molecule has 5 rings (SSSR count). The number of nitrogen functional groups attached to an aromatic ring is 1. The molecular formula is C26H25FN4O3S. The first-order valence-electron chi connectivity index (χ1n) is 11.4. The van der Waals surface area contributed by atoms with Gasteiger partial charge in [-0.2, -0.15) is 0 Å². The third-order valence-corrected chi connectivity index (χ3v) is 6.93. The van der Waals surface area contributed by atoms with E-state index >= 15 is 0 Å². The molecule has 3 N–H and O–H groups in total. The maximum absolute atomic E-state index is 13.9. The van der Waals surface area contributed by atoms with Gasteiger partial charge in [0.1, 0.15) is 11.6 Å². The van der Waals surface area contributed by atoms with E-state index in [1.54, 1.807) is 12.1 Å². The highest BCUT2D eigenvalue weighted by Gasteiger charge is 2.19. The fraction of sp³-hybridized carbons (Fsp3) is 0.269. The average molecular weight is 493 g/mol.